The number of aryl methyl sites for hydroxylation is 1. The van der Waals surface area contributed by atoms with Crippen LogP contribution < -0.4 is 10.1 Å². The maximum absolute atomic E-state index is 6.13. The highest BCUT2D eigenvalue weighted by atomic mass is 79.9. The first-order valence-electron chi connectivity index (χ1n) is 6.87. The minimum absolute atomic E-state index is 0.273. The fourth-order valence-electron chi connectivity index (χ4n) is 2.58. The highest BCUT2D eigenvalue weighted by Gasteiger charge is 2.34. The highest BCUT2D eigenvalue weighted by Crippen LogP contribution is 2.43. The normalized spacial score (nSPS) is 21.8. The molecule has 2 unspecified atom stereocenters. The monoisotopic (exact) mass is 311 g/mol. The Hall–Kier alpha value is -0.540. The predicted octanol–water partition coefficient (Wildman–Crippen LogP) is 4.36. The van der Waals surface area contributed by atoms with Gasteiger partial charge in [0.2, 0.25) is 0 Å². The summed E-state index contributed by atoms with van der Waals surface area (Å²) >= 11 is 3.62. The van der Waals surface area contributed by atoms with E-state index in [2.05, 4.69) is 54.2 Å². The van der Waals surface area contributed by atoms with Gasteiger partial charge in [-0.3, -0.25) is 0 Å². The van der Waals surface area contributed by atoms with Crippen molar-refractivity contribution in [2.75, 3.05) is 6.54 Å². The van der Waals surface area contributed by atoms with E-state index in [1.165, 1.54) is 11.1 Å². The van der Waals surface area contributed by atoms with Gasteiger partial charge in [-0.1, -0.05) is 26.3 Å². The maximum Gasteiger partial charge on any atom is 0.138 e. The Labute approximate surface area is 118 Å². The summed E-state index contributed by atoms with van der Waals surface area (Å²) < 4.78 is 7.22. The van der Waals surface area contributed by atoms with Crippen LogP contribution in [0, 0.1) is 6.92 Å². The summed E-state index contributed by atoms with van der Waals surface area (Å²) in [6.45, 7) is 7.59. The number of hydrogen-bond acceptors (Lipinski definition) is 2. The Morgan fingerprint density at radius 3 is 2.72 bits per heavy atom. The van der Waals surface area contributed by atoms with Gasteiger partial charge in [0.1, 0.15) is 11.9 Å². The van der Waals surface area contributed by atoms with Crippen molar-refractivity contribution in [2.45, 2.75) is 52.2 Å². The third kappa shape index (κ3) is 2.72. The molecule has 2 nitrogen and oxygen atoms in total. The van der Waals surface area contributed by atoms with Crippen LogP contribution >= 0.6 is 15.9 Å². The lowest BCUT2D eigenvalue weighted by Crippen LogP contribution is -2.31. The van der Waals surface area contributed by atoms with Crippen molar-refractivity contribution in [3.05, 3.63) is 27.7 Å². The van der Waals surface area contributed by atoms with Gasteiger partial charge in [0.15, 0.2) is 0 Å². The molecule has 100 valence electrons. The zero-order valence-electron chi connectivity index (χ0n) is 11.4. The summed E-state index contributed by atoms with van der Waals surface area (Å²) in [6, 6.07) is 4.73. The van der Waals surface area contributed by atoms with E-state index >= 15 is 0 Å². The largest absolute Gasteiger partial charge is 0.487 e. The lowest BCUT2D eigenvalue weighted by molar-refractivity contribution is 0.177. The summed E-state index contributed by atoms with van der Waals surface area (Å²) in [5, 5.41) is 3.63. The minimum atomic E-state index is 0.273. The molecule has 0 fully saturated rings. The van der Waals surface area contributed by atoms with Crippen molar-refractivity contribution in [3.63, 3.8) is 0 Å². The summed E-state index contributed by atoms with van der Waals surface area (Å²) in [4.78, 5) is 0. The topological polar surface area (TPSA) is 21.3 Å². The molecule has 2 rings (SSSR count). The molecule has 0 spiro atoms. The molecule has 1 heterocycles. The van der Waals surface area contributed by atoms with Crippen LogP contribution in [0.4, 0.5) is 0 Å². The van der Waals surface area contributed by atoms with Gasteiger partial charge < -0.3 is 10.1 Å². The Bertz CT molecular complexity index is 419. The number of fused-ring (bicyclic) bond motifs is 1. The fraction of sp³-hybridized carbons (Fsp3) is 0.600. The third-order valence-electron chi connectivity index (χ3n) is 3.38. The Morgan fingerprint density at radius 1 is 1.28 bits per heavy atom. The molecule has 1 N–H and O–H groups in total. The summed E-state index contributed by atoms with van der Waals surface area (Å²) in [7, 11) is 0. The Kier molecular flexibility index (Phi) is 4.68. The molecule has 2 atom stereocenters. The number of ether oxygens (including phenoxy) is 1. The van der Waals surface area contributed by atoms with E-state index in [0.29, 0.717) is 6.04 Å². The van der Waals surface area contributed by atoms with Crippen molar-refractivity contribution in [1.82, 2.24) is 5.32 Å². The van der Waals surface area contributed by atoms with Crippen molar-refractivity contribution >= 4 is 15.9 Å². The third-order valence-corrected chi connectivity index (χ3v) is 3.97. The smallest absolute Gasteiger partial charge is 0.138 e. The van der Waals surface area contributed by atoms with E-state index in [1.54, 1.807) is 0 Å². The first-order valence-corrected chi connectivity index (χ1v) is 7.66. The summed E-state index contributed by atoms with van der Waals surface area (Å²) in [5.74, 6) is 1.03. The van der Waals surface area contributed by atoms with Crippen LogP contribution in [-0.2, 0) is 0 Å². The second-order valence-electron chi connectivity index (χ2n) is 5.04. The zero-order chi connectivity index (χ0) is 13.1. The average molecular weight is 312 g/mol. The minimum Gasteiger partial charge on any atom is -0.487 e. The van der Waals surface area contributed by atoms with Gasteiger partial charge in [-0.2, -0.15) is 0 Å². The SMILES string of the molecule is CCCNC1c2cc(C)cc(Br)c2OC1CCC. The second kappa shape index (κ2) is 6.07. The Morgan fingerprint density at radius 2 is 2.06 bits per heavy atom. The van der Waals surface area contributed by atoms with Crippen molar-refractivity contribution in [1.29, 1.82) is 0 Å². The molecule has 1 aliphatic rings. The van der Waals surface area contributed by atoms with Crippen LogP contribution in [0.25, 0.3) is 0 Å². The fourth-order valence-corrected chi connectivity index (χ4v) is 3.27. The molecule has 1 aliphatic heterocycles. The molecule has 0 aliphatic carbocycles. The molecular weight excluding hydrogens is 290 g/mol. The van der Waals surface area contributed by atoms with Gasteiger partial charge in [-0.05, 0) is 53.9 Å². The molecule has 0 amide bonds. The molecule has 0 saturated heterocycles. The molecule has 1 aromatic rings. The van der Waals surface area contributed by atoms with Crippen LogP contribution in [0.2, 0.25) is 0 Å². The molecule has 0 bridgehead atoms. The molecule has 18 heavy (non-hydrogen) atoms. The number of hydrogen-bond donors (Lipinski definition) is 1. The second-order valence-corrected chi connectivity index (χ2v) is 5.90. The Balaban J connectivity index is 2.29. The quantitative estimate of drug-likeness (QED) is 0.872. The van der Waals surface area contributed by atoms with Crippen LogP contribution in [0.3, 0.4) is 0 Å². The van der Waals surface area contributed by atoms with Crippen molar-refractivity contribution in [3.8, 4) is 5.75 Å². The van der Waals surface area contributed by atoms with Crippen LogP contribution in [0.1, 0.15) is 50.3 Å². The molecule has 3 heteroatoms. The van der Waals surface area contributed by atoms with Gasteiger partial charge in [0, 0.05) is 5.56 Å². The van der Waals surface area contributed by atoms with E-state index in [9.17, 15) is 0 Å². The van der Waals surface area contributed by atoms with Crippen molar-refractivity contribution < 1.29 is 4.74 Å². The number of rotatable bonds is 5. The van der Waals surface area contributed by atoms with Gasteiger partial charge in [-0.15, -0.1) is 0 Å². The first kappa shape index (κ1) is 13.9. The van der Waals surface area contributed by atoms with Gasteiger partial charge in [-0.25, -0.2) is 0 Å². The standard InChI is InChI=1S/C15H22BrNO/c1-4-6-13-14(17-7-5-2)11-8-10(3)9-12(16)15(11)18-13/h8-9,13-14,17H,4-7H2,1-3H3. The number of halogens is 1. The van der Waals surface area contributed by atoms with Gasteiger partial charge in [0.25, 0.3) is 0 Å². The summed E-state index contributed by atoms with van der Waals surface area (Å²) in [6.07, 6.45) is 3.67. The zero-order valence-corrected chi connectivity index (χ0v) is 13.0. The van der Waals surface area contributed by atoms with Gasteiger partial charge in [0.05, 0.1) is 10.5 Å². The molecular formula is C15H22BrNO. The lowest BCUT2D eigenvalue weighted by Gasteiger charge is -2.19. The molecule has 1 aromatic carbocycles. The summed E-state index contributed by atoms with van der Waals surface area (Å²) in [5.41, 5.74) is 2.60. The average Bonchev–Trinajstić information content (AvgIpc) is 2.65. The molecule has 0 aromatic heterocycles. The van der Waals surface area contributed by atoms with Crippen LogP contribution in [0.5, 0.6) is 5.75 Å². The van der Waals surface area contributed by atoms with E-state index in [1.807, 2.05) is 0 Å². The van der Waals surface area contributed by atoms with Gasteiger partial charge >= 0.3 is 0 Å². The first-order chi connectivity index (χ1) is 8.67. The maximum atomic E-state index is 6.13. The number of benzene rings is 1. The van der Waals surface area contributed by atoms with E-state index in [4.69, 9.17) is 4.74 Å². The highest BCUT2D eigenvalue weighted by molar-refractivity contribution is 9.10. The predicted molar refractivity (Wildman–Crippen MR) is 79.2 cm³/mol. The van der Waals surface area contributed by atoms with Crippen molar-refractivity contribution in [2.24, 2.45) is 0 Å². The lowest BCUT2D eigenvalue weighted by atomic mass is 9.99. The number of nitrogens with one attached hydrogen (secondary N) is 1. The van der Waals surface area contributed by atoms with E-state index in [0.717, 1.165) is 36.0 Å². The van der Waals surface area contributed by atoms with Crippen LogP contribution in [-0.4, -0.2) is 12.6 Å². The van der Waals surface area contributed by atoms with Crippen LogP contribution in [0.15, 0.2) is 16.6 Å². The molecule has 0 saturated carbocycles. The molecule has 0 radical (unpaired) electrons. The van der Waals surface area contributed by atoms with E-state index < -0.39 is 0 Å². The van der Waals surface area contributed by atoms with E-state index in [-0.39, 0.29) is 6.10 Å².